The minimum Gasteiger partial charge on any atom is -0.399 e. The summed E-state index contributed by atoms with van der Waals surface area (Å²) in [5.41, 5.74) is 8.45. The summed E-state index contributed by atoms with van der Waals surface area (Å²) in [6.07, 6.45) is 0. The largest absolute Gasteiger partial charge is 0.399 e. The molecule has 0 aliphatic carbocycles. The molecule has 6 nitrogen and oxygen atoms in total. The number of nitrogen functional groups attached to an aromatic ring is 1. The monoisotopic (exact) mass is 364 g/mol. The van der Waals surface area contributed by atoms with Gasteiger partial charge in [0.2, 0.25) is 0 Å². The lowest BCUT2D eigenvalue weighted by atomic mass is 10.1. The van der Waals surface area contributed by atoms with Crippen molar-refractivity contribution in [1.29, 1.82) is 0 Å². The van der Waals surface area contributed by atoms with Gasteiger partial charge in [-0.1, -0.05) is 18.2 Å². The molecule has 1 heterocycles. The number of carbonyl (C=O) groups is 1. The second-order valence-corrected chi connectivity index (χ2v) is 6.80. The molecule has 3 aromatic rings. The Hall–Kier alpha value is -3.28. The van der Waals surface area contributed by atoms with Crippen molar-refractivity contribution in [3.8, 4) is 5.69 Å². The Morgan fingerprint density at radius 2 is 1.63 bits per heavy atom. The summed E-state index contributed by atoms with van der Waals surface area (Å²) in [5.74, 6) is -0.226. The molecule has 140 valence electrons. The molecule has 3 rings (SSSR count). The van der Waals surface area contributed by atoms with Crippen LogP contribution in [0, 0.1) is 6.92 Å². The third-order valence-corrected chi connectivity index (χ3v) is 4.66. The van der Waals surface area contributed by atoms with Gasteiger partial charge >= 0.3 is 0 Å². The average molecular weight is 364 g/mol. The first-order valence-corrected chi connectivity index (χ1v) is 8.86. The van der Waals surface area contributed by atoms with Crippen LogP contribution in [0.2, 0.25) is 0 Å². The third-order valence-electron chi connectivity index (χ3n) is 4.66. The van der Waals surface area contributed by atoms with E-state index in [1.807, 2.05) is 58.2 Å². The molecule has 6 heteroatoms. The number of para-hydroxylation sites is 1. The molecule has 27 heavy (non-hydrogen) atoms. The van der Waals surface area contributed by atoms with E-state index in [1.54, 1.807) is 38.5 Å². The fourth-order valence-corrected chi connectivity index (χ4v) is 3.19. The molecule has 1 aromatic heterocycles. The number of nitrogens with zero attached hydrogens (tertiary/aromatic N) is 3. The van der Waals surface area contributed by atoms with Gasteiger partial charge in [-0.25, -0.2) is 4.68 Å². The summed E-state index contributed by atoms with van der Waals surface area (Å²) in [7, 11) is 1.82. The van der Waals surface area contributed by atoms with Crippen molar-refractivity contribution in [3.63, 3.8) is 0 Å². The Labute approximate surface area is 158 Å². The zero-order chi connectivity index (χ0) is 19.7. The molecular weight excluding hydrogens is 340 g/mol. The van der Waals surface area contributed by atoms with Crippen LogP contribution in [-0.2, 0) is 7.05 Å². The highest BCUT2D eigenvalue weighted by atomic mass is 16.2. The van der Waals surface area contributed by atoms with Gasteiger partial charge in [0.15, 0.2) is 0 Å². The van der Waals surface area contributed by atoms with Gasteiger partial charge in [0.1, 0.15) is 5.69 Å². The number of aromatic nitrogens is 2. The SMILES string of the molecule is Cc1c(N(C(=O)c2ccc(N)cc2)C(C)C)c(=O)n(-c2ccccc2)n1C. The van der Waals surface area contributed by atoms with Crippen molar-refractivity contribution < 1.29 is 4.79 Å². The van der Waals surface area contributed by atoms with Crippen molar-refractivity contribution in [3.05, 3.63) is 76.2 Å². The summed E-state index contributed by atoms with van der Waals surface area (Å²) < 4.78 is 3.36. The highest BCUT2D eigenvalue weighted by Gasteiger charge is 2.28. The first kappa shape index (κ1) is 18.5. The first-order valence-electron chi connectivity index (χ1n) is 8.86. The molecule has 0 aliphatic rings. The van der Waals surface area contributed by atoms with Crippen LogP contribution in [0.1, 0.15) is 29.9 Å². The Kier molecular flexibility index (Phi) is 4.90. The normalized spacial score (nSPS) is 11.0. The maximum Gasteiger partial charge on any atom is 0.295 e. The molecule has 0 bridgehead atoms. The van der Waals surface area contributed by atoms with E-state index < -0.39 is 0 Å². The predicted octanol–water partition coefficient (Wildman–Crippen LogP) is 3.12. The molecule has 2 N–H and O–H groups in total. The topological polar surface area (TPSA) is 73.3 Å². The van der Waals surface area contributed by atoms with Crippen LogP contribution in [0.4, 0.5) is 11.4 Å². The van der Waals surface area contributed by atoms with Crippen LogP contribution in [0.15, 0.2) is 59.4 Å². The molecule has 0 aliphatic heterocycles. The number of hydrogen-bond acceptors (Lipinski definition) is 3. The average Bonchev–Trinajstić information content (AvgIpc) is 2.86. The maximum absolute atomic E-state index is 13.3. The maximum atomic E-state index is 13.3. The van der Waals surface area contributed by atoms with E-state index in [2.05, 4.69) is 0 Å². The van der Waals surface area contributed by atoms with Crippen molar-refractivity contribution in [2.75, 3.05) is 10.6 Å². The van der Waals surface area contributed by atoms with E-state index in [0.717, 1.165) is 11.4 Å². The molecule has 0 saturated heterocycles. The Morgan fingerprint density at radius 1 is 1.04 bits per heavy atom. The van der Waals surface area contributed by atoms with Crippen LogP contribution in [-0.4, -0.2) is 21.3 Å². The minimum atomic E-state index is -0.226. The minimum absolute atomic E-state index is 0.187. The second kappa shape index (κ2) is 7.15. The smallest absolute Gasteiger partial charge is 0.295 e. The zero-order valence-electron chi connectivity index (χ0n) is 16.0. The van der Waals surface area contributed by atoms with Crippen LogP contribution in [0.3, 0.4) is 0 Å². The van der Waals surface area contributed by atoms with Crippen LogP contribution in [0.25, 0.3) is 5.69 Å². The quantitative estimate of drug-likeness (QED) is 0.723. The van der Waals surface area contributed by atoms with Gasteiger partial charge in [0.05, 0.1) is 11.4 Å². The van der Waals surface area contributed by atoms with Crippen LogP contribution in [0.5, 0.6) is 0 Å². The lowest BCUT2D eigenvalue weighted by Crippen LogP contribution is -2.40. The third kappa shape index (κ3) is 3.26. The van der Waals surface area contributed by atoms with Gasteiger partial charge < -0.3 is 5.73 Å². The van der Waals surface area contributed by atoms with Gasteiger partial charge in [-0.05, 0) is 57.2 Å². The van der Waals surface area contributed by atoms with E-state index in [-0.39, 0.29) is 17.5 Å². The summed E-state index contributed by atoms with van der Waals surface area (Å²) in [6, 6.07) is 15.9. The molecule has 1 amide bonds. The highest BCUT2D eigenvalue weighted by molar-refractivity contribution is 6.06. The van der Waals surface area contributed by atoms with Gasteiger partial charge in [-0.15, -0.1) is 0 Å². The Balaban J connectivity index is 2.16. The molecule has 2 aromatic carbocycles. The summed E-state index contributed by atoms with van der Waals surface area (Å²) in [4.78, 5) is 28.0. The van der Waals surface area contributed by atoms with E-state index in [9.17, 15) is 9.59 Å². The number of hydrogen-bond donors (Lipinski definition) is 1. The van der Waals surface area contributed by atoms with Crippen molar-refractivity contribution in [1.82, 2.24) is 9.36 Å². The molecule has 0 fully saturated rings. The molecule has 0 saturated carbocycles. The zero-order valence-corrected chi connectivity index (χ0v) is 16.0. The van der Waals surface area contributed by atoms with Crippen molar-refractivity contribution in [2.45, 2.75) is 26.8 Å². The van der Waals surface area contributed by atoms with Crippen LogP contribution >= 0.6 is 0 Å². The van der Waals surface area contributed by atoms with Crippen LogP contribution < -0.4 is 16.2 Å². The lowest BCUT2D eigenvalue weighted by Gasteiger charge is -2.25. The fourth-order valence-electron chi connectivity index (χ4n) is 3.19. The number of carbonyl (C=O) groups excluding carboxylic acids is 1. The Morgan fingerprint density at radius 3 is 2.19 bits per heavy atom. The molecular formula is C21H24N4O2. The van der Waals surface area contributed by atoms with Gasteiger partial charge in [-0.2, -0.15) is 0 Å². The molecule has 0 radical (unpaired) electrons. The standard InChI is InChI=1S/C21H24N4O2/c1-14(2)24(20(26)16-10-12-17(22)13-11-16)19-15(3)23(4)25(21(19)27)18-8-6-5-7-9-18/h5-14H,22H2,1-4H3. The summed E-state index contributed by atoms with van der Waals surface area (Å²) in [6.45, 7) is 5.64. The number of anilines is 2. The molecule has 0 unspecified atom stereocenters. The molecule has 0 spiro atoms. The predicted molar refractivity (Wildman–Crippen MR) is 109 cm³/mol. The van der Waals surface area contributed by atoms with Crippen molar-refractivity contribution in [2.24, 2.45) is 7.05 Å². The van der Waals surface area contributed by atoms with E-state index >= 15 is 0 Å². The number of nitrogens with two attached hydrogens (primary N) is 1. The second-order valence-electron chi connectivity index (χ2n) is 6.80. The van der Waals surface area contributed by atoms with E-state index in [4.69, 9.17) is 5.73 Å². The van der Waals surface area contributed by atoms with Gasteiger partial charge in [0.25, 0.3) is 11.5 Å². The first-order chi connectivity index (χ1) is 12.8. The number of benzene rings is 2. The van der Waals surface area contributed by atoms with E-state index in [1.165, 1.54) is 0 Å². The van der Waals surface area contributed by atoms with Gasteiger partial charge in [0, 0.05) is 24.3 Å². The highest BCUT2D eigenvalue weighted by Crippen LogP contribution is 2.23. The summed E-state index contributed by atoms with van der Waals surface area (Å²) in [5, 5.41) is 0. The Bertz CT molecular complexity index is 1010. The number of amides is 1. The van der Waals surface area contributed by atoms with Crippen molar-refractivity contribution >= 4 is 17.3 Å². The molecule has 0 atom stereocenters. The lowest BCUT2D eigenvalue weighted by molar-refractivity contribution is 0.0980. The summed E-state index contributed by atoms with van der Waals surface area (Å²) >= 11 is 0. The number of rotatable bonds is 4. The van der Waals surface area contributed by atoms with E-state index in [0.29, 0.717) is 16.9 Å². The fraction of sp³-hybridized carbons (Fsp3) is 0.238. The van der Waals surface area contributed by atoms with Gasteiger partial charge in [-0.3, -0.25) is 19.2 Å².